The molecule has 0 rings (SSSR count). The second kappa shape index (κ2) is 14.5. The Bertz CT molecular complexity index is 155. The summed E-state index contributed by atoms with van der Waals surface area (Å²) in [6.45, 7) is 7.52. The van der Waals surface area contributed by atoms with E-state index in [0.717, 1.165) is 6.42 Å². The second-order valence-corrected chi connectivity index (χ2v) is 4.52. The van der Waals surface area contributed by atoms with Gasteiger partial charge >= 0.3 is 0 Å². The van der Waals surface area contributed by atoms with E-state index in [9.17, 15) is 0 Å². The largest absolute Gasteiger partial charge is 0.0888 e. The van der Waals surface area contributed by atoms with E-state index in [2.05, 4.69) is 19.1 Å². The Morgan fingerprint density at radius 1 is 0.688 bits per heavy atom. The lowest BCUT2D eigenvalue weighted by atomic mass is 10.1. The molecular formula is C16H29. The Balaban J connectivity index is 2.93. The molecule has 0 heterocycles. The Labute approximate surface area is 103 Å². The van der Waals surface area contributed by atoms with E-state index in [-0.39, 0.29) is 0 Å². The second-order valence-electron chi connectivity index (χ2n) is 4.52. The van der Waals surface area contributed by atoms with Crippen LogP contribution in [0, 0.1) is 6.58 Å². The molecule has 0 nitrogen and oxygen atoms in total. The zero-order valence-electron chi connectivity index (χ0n) is 11.1. The molecule has 0 fully saturated rings. The lowest BCUT2D eigenvalue weighted by molar-refractivity contribution is 0.571. The maximum Gasteiger partial charge on any atom is -0.0348 e. The molecule has 0 atom stereocenters. The maximum atomic E-state index is 5.33. The van der Waals surface area contributed by atoms with Crippen molar-refractivity contribution < 1.29 is 0 Å². The first-order valence-corrected chi connectivity index (χ1v) is 7.10. The fourth-order valence-corrected chi connectivity index (χ4v) is 1.87. The van der Waals surface area contributed by atoms with E-state index >= 15 is 0 Å². The minimum absolute atomic E-state index is 1.09. The van der Waals surface area contributed by atoms with Gasteiger partial charge in [-0.3, -0.25) is 0 Å². The molecule has 0 bridgehead atoms. The van der Waals surface area contributed by atoms with E-state index in [0.29, 0.717) is 0 Å². The first-order valence-electron chi connectivity index (χ1n) is 7.10. The molecule has 0 aliphatic heterocycles. The third-order valence-corrected chi connectivity index (χ3v) is 2.89. The van der Waals surface area contributed by atoms with Crippen molar-refractivity contribution in [2.75, 3.05) is 0 Å². The van der Waals surface area contributed by atoms with E-state index in [1.807, 2.05) is 0 Å². The normalized spacial score (nSPS) is 11.1. The summed E-state index contributed by atoms with van der Waals surface area (Å²) in [6.07, 6.45) is 21.0. The molecular weight excluding hydrogens is 192 g/mol. The molecule has 1 radical (unpaired) electrons. The Kier molecular flexibility index (Phi) is 14.0. The van der Waals surface area contributed by atoms with Crippen LogP contribution in [0.5, 0.6) is 0 Å². The minimum Gasteiger partial charge on any atom is -0.0888 e. The van der Waals surface area contributed by atoms with Gasteiger partial charge in [0.05, 0.1) is 0 Å². The highest BCUT2D eigenvalue weighted by Crippen LogP contribution is 2.10. The van der Waals surface area contributed by atoms with Crippen molar-refractivity contribution in [2.45, 2.75) is 77.6 Å². The first-order chi connectivity index (χ1) is 7.91. The number of hydrogen-bond donors (Lipinski definition) is 0. The Morgan fingerprint density at radius 2 is 1.19 bits per heavy atom. The summed E-state index contributed by atoms with van der Waals surface area (Å²) in [4.78, 5) is 0. The number of unbranched alkanes of at least 4 members (excludes halogenated alkanes) is 9. The fourth-order valence-electron chi connectivity index (χ4n) is 1.87. The van der Waals surface area contributed by atoms with Gasteiger partial charge < -0.3 is 0 Å². The highest BCUT2D eigenvalue weighted by atomic mass is 14.0. The van der Waals surface area contributed by atoms with Crippen molar-refractivity contribution >= 4 is 0 Å². The molecule has 0 saturated carbocycles. The average Bonchev–Trinajstić information content (AvgIpc) is 2.31. The maximum absolute atomic E-state index is 5.33. The minimum atomic E-state index is 1.09. The molecule has 0 aliphatic rings. The van der Waals surface area contributed by atoms with Crippen LogP contribution in [-0.4, -0.2) is 0 Å². The molecule has 0 N–H and O–H groups in total. The van der Waals surface area contributed by atoms with Gasteiger partial charge in [0, 0.05) is 0 Å². The highest BCUT2D eigenvalue weighted by molar-refractivity contribution is 4.79. The van der Waals surface area contributed by atoms with Gasteiger partial charge in [-0.1, -0.05) is 70.3 Å². The molecule has 93 valence electrons. The molecule has 0 aromatic carbocycles. The Hall–Kier alpha value is -0.520. The summed E-state index contributed by atoms with van der Waals surface area (Å²) in [5, 5.41) is 0. The molecule has 16 heavy (non-hydrogen) atoms. The average molecular weight is 221 g/mol. The monoisotopic (exact) mass is 221 g/mol. The number of allylic oxidation sites excluding steroid dienone is 3. The molecule has 0 unspecified atom stereocenters. The summed E-state index contributed by atoms with van der Waals surface area (Å²) in [5.74, 6) is 0. The molecule has 0 heteroatoms. The van der Waals surface area contributed by atoms with Gasteiger partial charge in [0.25, 0.3) is 0 Å². The molecule has 0 aliphatic carbocycles. The van der Waals surface area contributed by atoms with Gasteiger partial charge in [-0.05, 0) is 32.1 Å². The quantitative estimate of drug-likeness (QED) is 0.287. The Morgan fingerprint density at radius 3 is 1.69 bits per heavy atom. The van der Waals surface area contributed by atoms with E-state index < -0.39 is 0 Å². The van der Waals surface area contributed by atoms with Crippen molar-refractivity contribution in [3.63, 3.8) is 0 Å². The molecule has 0 amide bonds. The number of hydrogen-bond acceptors (Lipinski definition) is 0. The van der Waals surface area contributed by atoms with E-state index in [1.54, 1.807) is 6.08 Å². The van der Waals surface area contributed by atoms with Crippen LogP contribution in [0.3, 0.4) is 0 Å². The van der Waals surface area contributed by atoms with Crippen LogP contribution in [0.15, 0.2) is 18.2 Å². The third-order valence-electron chi connectivity index (χ3n) is 2.89. The van der Waals surface area contributed by atoms with Crippen LogP contribution in [-0.2, 0) is 0 Å². The van der Waals surface area contributed by atoms with Crippen molar-refractivity contribution in [1.29, 1.82) is 0 Å². The standard InChI is InChI=1S/C16H29/c1-3-5-7-9-11-13-15-16-14-12-10-8-6-4-2/h1,3,6,8H,4-5,7,9-16H2,2H3/b3-1?,8-6-. The van der Waals surface area contributed by atoms with Crippen molar-refractivity contribution in [2.24, 2.45) is 0 Å². The fraction of sp³-hybridized carbons (Fsp3) is 0.750. The molecule has 0 aromatic heterocycles. The summed E-state index contributed by atoms with van der Waals surface area (Å²) < 4.78 is 0. The zero-order valence-corrected chi connectivity index (χ0v) is 11.1. The van der Waals surface area contributed by atoms with Crippen LogP contribution < -0.4 is 0 Å². The van der Waals surface area contributed by atoms with Crippen molar-refractivity contribution in [3.05, 3.63) is 24.8 Å². The third kappa shape index (κ3) is 13.5. The lowest BCUT2D eigenvalue weighted by Crippen LogP contribution is -1.80. The van der Waals surface area contributed by atoms with Gasteiger partial charge in [0.2, 0.25) is 0 Å². The molecule has 0 saturated heterocycles. The van der Waals surface area contributed by atoms with Crippen LogP contribution in [0.25, 0.3) is 0 Å². The molecule has 0 aromatic rings. The van der Waals surface area contributed by atoms with Crippen LogP contribution in [0.4, 0.5) is 0 Å². The van der Waals surface area contributed by atoms with E-state index in [4.69, 9.17) is 6.58 Å². The van der Waals surface area contributed by atoms with Gasteiger partial charge in [0.1, 0.15) is 0 Å². The van der Waals surface area contributed by atoms with Crippen LogP contribution in [0.2, 0.25) is 0 Å². The zero-order chi connectivity index (χ0) is 11.9. The van der Waals surface area contributed by atoms with Gasteiger partial charge in [-0.25, -0.2) is 0 Å². The number of rotatable bonds is 12. The predicted octanol–water partition coefficient (Wildman–Crippen LogP) is 5.84. The van der Waals surface area contributed by atoms with Crippen LogP contribution >= 0.6 is 0 Å². The highest BCUT2D eigenvalue weighted by Gasteiger charge is 1.91. The van der Waals surface area contributed by atoms with Crippen molar-refractivity contribution in [1.82, 2.24) is 0 Å². The molecule has 0 spiro atoms. The van der Waals surface area contributed by atoms with Gasteiger partial charge in [-0.2, -0.15) is 0 Å². The first kappa shape index (κ1) is 15.5. The summed E-state index contributed by atoms with van der Waals surface area (Å²) >= 11 is 0. The SMILES string of the molecule is [CH]=CCCCCCCCCCC/C=C\CC. The summed E-state index contributed by atoms with van der Waals surface area (Å²) in [5.41, 5.74) is 0. The summed E-state index contributed by atoms with van der Waals surface area (Å²) in [7, 11) is 0. The predicted molar refractivity (Wildman–Crippen MR) is 74.5 cm³/mol. The topological polar surface area (TPSA) is 0 Å². The van der Waals surface area contributed by atoms with Crippen LogP contribution in [0.1, 0.15) is 77.6 Å². The van der Waals surface area contributed by atoms with Gasteiger partial charge in [-0.15, -0.1) is 0 Å². The van der Waals surface area contributed by atoms with Gasteiger partial charge in [0.15, 0.2) is 0 Å². The summed E-state index contributed by atoms with van der Waals surface area (Å²) in [6, 6.07) is 0. The lowest BCUT2D eigenvalue weighted by Gasteiger charge is -2.00. The smallest absolute Gasteiger partial charge is 0.0348 e. The van der Waals surface area contributed by atoms with E-state index in [1.165, 1.54) is 64.2 Å². The van der Waals surface area contributed by atoms with Crippen molar-refractivity contribution in [3.8, 4) is 0 Å².